The highest BCUT2D eigenvalue weighted by molar-refractivity contribution is 4.62. The summed E-state index contributed by atoms with van der Waals surface area (Å²) in [6, 6.07) is 0. The van der Waals surface area contributed by atoms with Crippen LogP contribution in [0.5, 0.6) is 0 Å². The number of hydrogen-bond donors (Lipinski definition) is 3. The molecule has 0 aromatic heterocycles. The molecule has 5 heteroatoms. The van der Waals surface area contributed by atoms with E-state index in [0.29, 0.717) is 13.1 Å². The Balaban J connectivity index is 3.63. The van der Waals surface area contributed by atoms with Crippen molar-refractivity contribution in [2.45, 2.75) is 84.0 Å². The Morgan fingerprint density at radius 1 is 0.407 bits per heavy atom. The minimum absolute atomic E-state index is 0.138. The summed E-state index contributed by atoms with van der Waals surface area (Å²) in [7, 11) is 0. The lowest BCUT2D eigenvalue weighted by atomic mass is 10.1. The summed E-state index contributed by atoms with van der Waals surface area (Å²) in [4.78, 5) is 4.45. The Bertz CT molecular complexity index is 274. The Kier molecular flexibility index (Phi) is 21.9. The molecule has 0 saturated carbocycles. The van der Waals surface area contributed by atoms with Gasteiger partial charge in [0.2, 0.25) is 0 Å². The van der Waals surface area contributed by atoms with Gasteiger partial charge in [-0.3, -0.25) is 4.90 Å². The fraction of sp³-hybridized carbons (Fsp3) is 1.00. The van der Waals surface area contributed by atoms with E-state index < -0.39 is 0 Å². The highest BCUT2D eigenvalue weighted by Gasteiger charge is 2.07. The molecule has 5 nitrogen and oxygen atoms in total. The van der Waals surface area contributed by atoms with Crippen molar-refractivity contribution in [1.29, 1.82) is 0 Å². The van der Waals surface area contributed by atoms with E-state index in [2.05, 4.69) is 16.7 Å². The van der Waals surface area contributed by atoms with Gasteiger partial charge in [-0.05, 0) is 32.5 Å². The van der Waals surface area contributed by atoms with Crippen LogP contribution in [0.2, 0.25) is 0 Å². The normalized spacial score (nSPS) is 11.8. The third-order valence-corrected chi connectivity index (χ3v) is 5.28. The van der Waals surface area contributed by atoms with Crippen molar-refractivity contribution < 1.29 is 15.3 Å². The van der Waals surface area contributed by atoms with Crippen molar-refractivity contribution in [2.75, 3.05) is 59.1 Å². The lowest BCUT2D eigenvalue weighted by molar-refractivity contribution is 0.147. The van der Waals surface area contributed by atoms with Gasteiger partial charge >= 0.3 is 0 Å². The molecule has 0 rings (SSSR count). The van der Waals surface area contributed by atoms with Gasteiger partial charge in [-0.25, -0.2) is 0 Å². The standard InChI is InChI=1S/C22H48N2O3/c1-2-3-4-5-6-7-8-9-10-11-12-14-23(17-20-25)15-13-16-24(18-21-26)19-22-27/h25-27H,2-22H2,1H3. The van der Waals surface area contributed by atoms with Crippen molar-refractivity contribution in [2.24, 2.45) is 0 Å². The number of unbranched alkanes of at least 4 members (excludes halogenated alkanes) is 10. The van der Waals surface area contributed by atoms with Crippen LogP contribution in [-0.4, -0.2) is 84.2 Å². The van der Waals surface area contributed by atoms with Crippen LogP contribution in [-0.2, 0) is 0 Å². The Labute approximate surface area is 168 Å². The van der Waals surface area contributed by atoms with Gasteiger partial charge in [0.15, 0.2) is 0 Å². The first-order valence-corrected chi connectivity index (χ1v) is 11.6. The quantitative estimate of drug-likeness (QED) is 0.248. The summed E-state index contributed by atoms with van der Waals surface area (Å²) in [5, 5.41) is 27.4. The predicted molar refractivity (Wildman–Crippen MR) is 115 cm³/mol. The summed E-state index contributed by atoms with van der Waals surface area (Å²) in [5.41, 5.74) is 0. The number of nitrogens with zero attached hydrogens (tertiary/aromatic N) is 2. The van der Waals surface area contributed by atoms with Crippen LogP contribution in [0.15, 0.2) is 0 Å². The highest BCUT2D eigenvalue weighted by atomic mass is 16.3. The molecule has 0 unspecified atom stereocenters. The van der Waals surface area contributed by atoms with Gasteiger partial charge in [0.1, 0.15) is 0 Å². The van der Waals surface area contributed by atoms with Crippen molar-refractivity contribution in [3.63, 3.8) is 0 Å². The molecule has 0 radical (unpaired) electrons. The minimum atomic E-state index is 0.138. The molecule has 0 fully saturated rings. The second-order valence-corrected chi connectivity index (χ2v) is 7.74. The zero-order valence-electron chi connectivity index (χ0n) is 18.1. The summed E-state index contributed by atoms with van der Waals surface area (Å²) in [6.45, 7) is 7.69. The molecular weight excluding hydrogens is 340 g/mol. The van der Waals surface area contributed by atoms with Gasteiger partial charge in [-0.2, -0.15) is 0 Å². The van der Waals surface area contributed by atoms with E-state index in [-0.39, 0.29) is 19.8 Å². The predicted octanol–water partition coefficient (Wildman–Crippen LogP) is 3.27. The fourth-order valence-corrected chi connectivity index (χ4v) is 3.61. The Morgan fingerprint density at radius 3 is 1.15 bits per heavy atom. The van der Waals surface area contributed by atoms with Crippen molar-refractivity contribution in [3.05, 3.63) is 0 Å². The largest absolute Gasteiger partial charge is 0.395 e. The van der Waals surface area contributed by atoms with Gasteiger partial charge in [-0.15, -0.1) is 0 Å². The van der Waals surface area contributed by atoms with E-state index in [1.165, 1.54) is 70.6 Å². The number of rotatable bonds is 22. The second-order valence-electron chi connectivity index (χ2n) is 7.74. The van der Waals surface area contributed by atoms with Gasteiger partial charge in [0, 0.05) is 19.6 Å². The molecule has 164 valence electrons. The van der Waals surface area contributed by atoms with Crippen LogP contribution in [0.3, 0.4) is 0 Å². The van der Waals surface area contributed by atoms with Crippen LogP contribution in [0.1, 0.15) is 84.0 Å². The number of hydrogen-bond acceptors (Lipinski definition) is 5. The average molecular weight is 389 g/mol. The molecule has 0 aliphatic rings. The minimum Gasteiger partial charge on any atom is -0.395 e. The first-order chi connectivity index (χ1) is 13.3. The summed E-state index contributed by atoms with van der Waals surface area (Å²) in [5.74, 6) is 0. The van der Waals surface area contributed by atoms with E-state index in [9.17, 15) is 5.11 Å². The number of aliphatic hydroxyl groups is 3. The van der Waals surface area contributed by atoms with E-state index in [1.54, 1.807) is 0 Å². The molecule has 0 heterocycles. The first-order valence-electron chi connectivity index (χ1n) is 11.6. The molecule has 0 aliphatic carbocycles. The van der Waals surface area contributed by atoms with Crippen LogP contribution in [0.25, 0.3) is 0 Å². The molecule has 0 aliphatic heterocycles. The topological polar surface area (TPSA) is 67.2 Å². The van der Waals surface area contributed by atoms with Crippen molar-refractivity contribution in [3.8, 4) is 0 Å². The molecule has 0 saturated heterocycles. The number of aliphatic hydroxyl groups excluding tert-OH is 3. The van der Waals surface area contributed by atoms with Gasteiger partial charge in [-0.1, -0.05) is 71.1 Å². The molecule has 0 atom stereocenters. The van der Waals surface area contributed by atoms with Crippen molar-refractivity contribution >= 4 is 0 Å². The lowest BCUT2D eigenvalue weighted by Crippen LogP contribution is -2.35. The lowest BCUT2D eigenvalue weighted by Gasteiger charge is -2.24. The maximum atomic E-state index is 9.27. The fourth-order valence-electron chi connectivity index (χ4n) is 3.61. The Morgan fingerprint density at radius 2 is 0.741 bits per heavy atom. The zero-order chi connectivity index (χ0) is 20.0. The molecule has 27 heavy (non-hydrogen) atoms. The summed E-state index contributed by atoms with van der Waals surface area (Å²) >= 11 is 0. The molecule has 0 aromatic rings. The SMILES string of the molecule is CCCCCCCCCCCCCN(CCO)CCCN(CCO)CCO. The first kappa shape index (κ1) is 26.8. The monoisotopic (exact) mass is 388 g/mol. The van der Waals surface area contributed by atoms with E-state index in [1.807, 2.05) is 0 Å². The third-order valence-electron chi connectivity index (χ3n) is 5.28. The van der Waals surface area contributed by atoms with Crippen molar-refractivity contribution in [1.82, 2.24) is 9.80 Å². The Hall–Kier alpha value is -0.200. The second kappa shape index (κ2) is 22.1. The molecule has 0 spiro atoms. The van der Waals surface area contributed by atoms with E-state index >= 15 is 0 Å². The average Bonchev–Trinajstić information content (AvgIpc) is 2.66. The highest BCUT2D eigenvalue weighted by Crippen LogP contribution is 2.11. The van der Waals surface area contributed by atoms with E-state index in [4.69, 9.17) is 10.2 Å². The summed E-state index contributed by atoms with van der Waals surface area (Å²) in [6.07, 6.45) is 16.0. The van der Waals surface area contributed by atoms with Crippen LogP contribution in [0, 0.1) is 0 Å². The van der Waals surface area contributed by atoms with E-state index in [0.717, 1.165) is 32.6 Å². The van der Waals surface area contributed by atoms with Crippen LogP contribution < -0.4 is 0 Å². The van der Waals surface area contributed by atoms with Gasteiger partial charge < -0.3 is 20.2 Å². The zero-order valence-corrected chi connectivity index (χ0v) is 18.1. The van der Waals surface area contributed by atoms with Gasteiger partial charge in [0.05, 0.1) is 19.8 Å². The molecule has 0 amide bonds. The molecule has 0 aromatic carbocycles. The molecule has 3 N–H and O–H groups in total. The summed E-state index contributed by atoms with van der Waals surface area (Å²) < 4.78 is 0. The molecule has 0 bridgehead atoms. The third kappa shape index (κ3) is 18.9. The van der Waals surface area contributed by atoms with Crippen LogP contribution in [0.4, 0.5) is 0 Å². The van der Waals surface area contributed by atoms with Crippen LogP contribution >= 0.6 is 0 Å². The maximum Gasteiger partial charge on any atom is 0.0558 e. The molecular formula is C22H48N2O3. The maximum absolute atomic E-state index is 9.27. The van der Waals surface area contributed by atoms with Gasteiger partial charge in [0.25, 0.3) is 0 Å². The smallest absolute Gasteiger partial charge is 0.0558 e.